The Bertz CT molecular complexity index is 999. The maximum atomic E-state index is 13.0. The molecular weight excluding hydrogens is 344 g/mol. The van der Waals surface area contributed by atoms with Crippen molar-refractivity contribution in [1.82, 2.24) is 40.3 Å². The van der Waals surface area contributed by atoms with E-state index in [0.717, 1.165) is 16.8 Å². The molecule has 0 aliphatic carbocycles. The Hall–Kier alpha value is -3.88. The molecule has 2 aromatic heterocycles. The quantitative estimate of drug-likeness (QED) is 0.553. The zero-order valence-corrected chi connectivity index (χ0v) is 14.3. The summed E-state index contributed by atoms with van der Waals surface area (Å²) in [6.07, 6.45) is 4.52. The van der Waals surface area contributed by atoms with Crippen molar-refractivity contribution in [2.24, 2.45) is 0 Å². The number of nitrogens with one attached hydrogen (secondary N) is 1. The summed E-state index contributed by atoms with van der Waals surface area (Å²) in [6.45, 7) is 0.334. The third-order valence-corrected chi connectivity index (χ3v) is 4.10. The van der Waals surface area contributed by atoms with Crippen LogP contribution in [0.5, 0.6) is 0 Å². The van der Waals surface area contributed by atoms with Crippen molar-refractivity contribution in [2.75, 3.05) is 0 Å². The van der Waals surface area contributed by atoms with Gasteiger partial charge in [0.15, 0.2) is 6.04 Å². The Balaban J connectivity index is 1.57. The van der Waals surface area contributed by atoms with Crippen molar-refractivity contribution in [2.45, 2.75) is 12.6 Å². The fourth-order valence-electron chi connectivity index (χ4n) is 2.84. The zero-order valence-electron chi connectivity index (χ0n) is 14.3. The molecule has 2 heterocycles. The van der Waals surface area contributed by atoms with Gasteiger partial charge in [0.25, 0.3) is 0 Å². The van der Waals surface area contributed by atoms with Crippen LogP contribution in [0.1, 0.15) is 17.2 Å². The molecule has 0 bridgehead atoms. The molecular formula is C18H16N8O. The largest absolute Gasteiger partial charge is 0.350 e. The SMILES string of the molecule is O=C(NCc1ccccc1-n1cncn1)C(c1ccccc1)n1cnnn1. The second-order valence-electron chi connectivity index (χ2n) is 5.79. The molecule has 0 fully saturated rings. The standard InChI is InChI=1S/C18H16N8O/c27-18(17(26-13-21-23-24-26)14-6-2-1-3-7-14)20-10-15-8-4-5-9-16(15)25-12-19-11-22-25/h1-9,11-13,17H,10H2,(H,20,27). The number of para-hydroxylation sites is 1. The van der Waals surface area contributed by atoms with Gasteiger partial charge in [-0.15, -0.1) is 5.10 Å². The van der Waals surface area contributed by atoms with Crippen molar-refractivity contribution in [3.8, 4) is 5.69 Å². The Kier molecular flexibility index (Phi) is 4.64. The van der Waals surface area contributed by atoms with Crippen LogP contribution in [-0.4, -0.2) is 40.9 Å². The number of carbonyl (C=O) groups is 1. The summed E-state index contributed by atoms with van der Waals surface area (Å²) in [4.78, 5) is 16.9. The van der Waals surface area contributed by atoms with Gasteiger partial charge in [-0.25, -0.2) is 14.3 Å². The van der Waals surface area contributed by atoms with Gasteiger partial charge in [-0.1, -0.05) is 48.5 Å². The van der Waals surface area contributed by atoms with Crippen LogP contribution in [-0.2, 0) is 11.3 Å². The number of hydrogen-bond acceptors (Lipinski definition) is 6. The Morgan fingerprint density at radius 3 is 2.59 bits per heavy atom. The summed E-state index contributed by atoms with van der Waals surface area (Å²) in [5, 5.41) is 18.3. The Labute approximate surface area is 154 Å². The molecule has 0 saturated heterocycles. The minimum atomic E-state index is -0.653. The minimum Gasteiger partial charge on any atom is -0.350 e. The molecule has 2 aromatic carbocycles. The lowest BCUT2D eigenvalue weighted by atomic mass is 10.1. The Morgan fingerprint density at radius 2 is 1.85 bits per heavy atom. The van der Waals surface area contributed by atoms with Crippen LogP contribution in [0.25, 0.3) is 5.69 Å². The van der Waals surface area contributed by atoms with Crippen LogP contribution >= 0.6 is 0 Å². The number of benzene rings is 2. The van der Waals surface area contributed by atoms with Gasteiger partial charge in [0.1, 0.15) is 19.0 Å². The van der Waals surface area contributed by atoms with Crippen LogP contribution in [0.4, 0.5) is 0 Å². The highest BCUT2D eigenvalue weighted by Gasteiger charge is 2.23. The normalized spacial score (nSPS) is 11.9. The first kappa shape index (κ1) is 16.6. The predicted molar refractivity (Wildman–Crippen MR) is 95.6 cm³/mol. The molecule has 0 aliphatic rings. The van der Waals surface area contributed by atoms with E-state index in [-0.39, 0.29) is 5.91 Å². The molecule has 9 heteroatoms. The van der Waals surface area contributed by atoms with Crippen LogP contribution < -0.4 is 5.32 Å². The number of aromatic nitrogens is 7. The first-order chi connectivity index (χ1) is 13.3. The first-order valence-corrected chi connectivity index (χ1v) is 8.31. The van der Waals surface area contributed by atoms with Crippen LogP contribution in [0.2, 0.25) is 0 Å². The summed E-state index contributed by atoms with van der Waals surface area (Å²) >= 11 is 0. The molecule has 4 rings (SSSR count). The smallest absolute Gasteiger partial charge is 0.249 e. The molecule has 0 radical (unpaired) electrons. The topological polar surface area (TPSA) is 103 Å². The van der Waals surface area contributed by atoms with E-state index < -0.39 is 6.04 Å². The highest BCUT2D eigenvalue weighted by molar-refractivity contribution is 5.83. The fourth-order valence-corrected chi connectivity index (χ4v) is 2.84. The summed E-state index contributed by atoms with van der Waals surface area (Å²) in [6, 6.07) is 16.4. The zero-order chi connectivity index (χ0) is 18.5. The maximum absolute atomic E-state index is 13.0. The highest BCUT2D eigenvalue weighted by Crippen LogP contribution is 2.18. The molecule has 134 valence electrons. The van der Waals surface area contributed by atoms with Crippen molar-refractivity contribution in [3.05, 3.63) is 84.7 Å². The number of carbonyl (C=O) groups excluding carboxylic acids is 1. The van der Waals surface area contributed by atoms with E-state index in [1.807, 2.05) is 54.6 Å². The van der Waals surface area contributed by atoms with E-state index in [1.165, 1.54) is 17.3 Å². The molecule has 27 heavy (non-hydrogen) atoms. The molecule has 1 N–H and O–H groups in total. The van der Waals surface area contributed by atoms with Crippen LogP contribution in [0.3, 0.4) is 0 Å². The van der Waals surface area contributed by atoms with E-state index in [1.54, 1.807) is 11.0 Å². The van der Waals surface area contributed by atoms with Gasteiger partial charge in [-0.05, 0) is 27.6 Å². The summed E-state index contributed by atoms with van der Waals surface area (Å²) < 4.78 is 3.10. The van der Waals surface area contributed by atoms with E-state index in [9.17, 15) is 4.79 Å². The van der Waals surface area contributed by atoms with Gasteiger partial charge in [-0.2, -0.15) is 5.10 Å². The van der Waals surface area contributed by atoms with E-state index >= 15 is 0 Å². The summed E-state index contributed by atoms with van der Waals surface area (Å²) in [5.74, 6) is -0.207. The number of hydrogen-bond donors (Lipinski definition) is 1. The monoisotopic (exact) mass is 360 g/mol. The molecule has 4 aromatic rings. The maximum Gasteiger partial charge on any atom is 0.249 e. The average molecular weight is 360 g/mol. The number of tetrazole rings is 1. The summed E-state index contributed by atoms with van der Waals surface area (Å²) in [7, 11) is 0. The van der Waals surface area contributed by atoms with Crippen LogP contribution in [0, 0.1) is 0 Å². The van der Waals surface area contributed by atoms with Gasteiger partial charge in [0.05, 0.1) is 5.69 Å². The first-order valence-electron chi connectivity index (χ1n) is 8.31. The van der Waals surface area contributed by atoms with E-state index in [0.29, 0.717) is 6.54 Å². The van der Waals surface area contributed by atoms with Gasteiger partial charge >= 0.3 is 0 Å². The van der Waals surface area contributed by atoms with Gasteiger partial charge in [0, 0.05) is 6.54 Å². The molecule has 0 aliphatic heterocycles. The van der Waals surface area contributed by atoms with Crippen LogP contribution in [0.15, 0.2) is 73.6 Å². The second kappa shape index (κ2) is 7.56. The molecule has 1 amide bonds. The molecule has 0 saturated carbocycles. The Morgan fingerprint density at radius 1 is 1.04 bits per heavy atom. The highest BCUT2D eigenvalue weighted by atomic mass is 16.2. The van der Waals surface area contributed by atoms with Crippen molar-refractivity contribution < 1.29 is 4.79 Å². The molecule has 1 unspecified atom stereocenters. The third kappa shape index (κ3) is 3.56. The lowest BCUT2D eigenvalue weighted by Crippen LogP contribution is -2.33. The van der Waals surface area contributed by atoms with Gasteiger partial charge in [-0.3, -0.25) is 4.79 Å². The van der Waals surface area contributed by atoms with Crippen molar-refractivity contribution in [1.29, 1.82) is 0 Å². The van der Waals surface area contributed by atoms with E-state index in [2.05, 4.69) is 30.9 Å². The van der Waals surface area contributed by atoms with E-state index in [4.69, 9.17) is 0 Å². The lowest BCUT2D eigenvalue weighted by Gasteiger charge is -2.17. The van der Waals surface area contributed by atoms with Gasteiger partial charge in [0.2, 0.25) is 5.91 Å². The van der Waals surface area contributed by atoms with Crippen molar-refractivity contribution in [3.63, 3.8) is 0 Å². The number of amides is 1. The minimum absolute atomic E-state index is 0.207. The van der Waals surface area contributed by atoms with Crippen molar-refractivity contribution >= 4 is 5.91 Å². The average Bonchev–Trinajstić information content (AvgIpc) is 3.42. The second-order valence-corrected chi connectivity index (χ2v) is 5.79. The number of nitrogens with zero attached hydrogens (tertiary/aromatic N) is 7. The molecule has 0 spiro atoms. The fraction of sp³-hybridized carbons (Fsp3) is 0.111. The predicted octanol–water partition coefficient (Wildman–Crippen LogP) is 1.16. The summed E-state index contributed by atoms with van der Waals surface area (Å²) in [5.41, 5.74) is 2.57. The molecule has 9 nitrogen and oxygen atoms in total. The molecule has 1 atom stereocenters. The number of rotatable bonds is 6. The third-order valence-electron chi connectivity index (χ3n) is 4.10. The lowest BCUT2D eigenvalue weighted by molar-refractivity contribution is -0.123. The van der Waals surface area contributed by atoms with Gasteiger partial charge < -0.3 is 5.32 Å².